The van der Waals surface area contributed by atoms with E-state index >= 15 is 0 Å². The highest BCUT2D eigenvalue weighted by molar-refractivity contribution is 7.89. The molecule has 0 radical (unpaired) electrons. The predicted molar refractivity (Wildman–Crippen MR) is 123 cm³/mol. The Hall–Kier alpha value is -2.26. The second-order valence-electron chi connectivity index (χ2n) is 7.97. The number of unbranched alkanes of at least 4 members (excludes halogenated alkanes) is 7. The van der Waals surface area contributed by atoms with Crippen molar-refractivity contribution in [1.82, 2.24) is 10.0 Å². The molecule has 9 heteroatoms. The molecule has 0 bridgehead atoms. The molecule has 8 nitrogen and oxygen atoms in total. The van der Waals surface area contributed by atoms with Crippen molar-refractivity contribution in [3.05, 3.63) is 29.8 Å². The molecule has 180 valence electrons. The monoisotopic (exact) mass is 468 g/mol. The number of hydrogen-bond acceptors (Lipinski definition) is 5. The van der Waals surface area contributed by atoms with Crippen LogP contribution in [0.15, 0.2) is 29.2 Å². The van der Waals surface area contributed by atoms with Crippen molar-refractivity contribution in [2.24, 2.45) is 0 Å². The molecule has 1 amide bonds. The van der Waals surface area contributed by atoms with Gasteiger partial charge in [-0.05, 0) is 38.3 Å². The van der Waals surface area contributed by atoms with Crippen LogP contribution in [-0.4, -0.2) is 44.3 Å². The van der Waals surface area contributed by atoms with Gasteiger partial charge < -0.3 is 10.4 Å². The van der Waals surface area contributed by atoms with E-state index < -0.39 is 27.7 Å². The van der Waals surface area contributed by atoms with Crippen molar-refractivity contribution in [1.29, 1.82) is 0 Å². The molecule has 1 aromatic carbocycles. The lowest BCUT2D eigenvalue weighted by molar-refractivity contribution is -0.138. The Bertz CT molecular complexity index is 821. The highest BCUT2D eigenvalue weighted by atomic mass is 32.2. The molecule has 0 aliphatic heterocycles. The molecule has 0 saturated heterocycles. The van der Waals surface area contributed by atoms with Crippen LogP contribution < -0.4 is 10.0 Å². The standard InChI is InChI=1S/C23H36N2O6S/c1-19-13-15-20(16-14-19)32(30,31)25-18-9-7-5-3-2-4-6-8-11-21(26)23(29)24-17-10-12-22(27)28/h13-16,25H,2-12,17-18H2,1H3,(H,24,29)(H,27,28). The third kappa shape index (κ3) is 12.6. The first kappa shape index (κ1) is 27.8. The van der Waals surface area contributed by atoms with Crippen molar-refractivity contribution in [2.45, 2.75) is 82.4 Å². The van der Waals surface area contributed by atoms with E-state index in [0.717, 1.165) is 50.5 Å². The Labute approximate surface area is 191 Å². The number of amides is 1. The average molecular weight is 469 g/mol. The molecule has 1 rings (SSSR count). The van der Waals surface area contributed by atoms with Gasteiger partial charge in [-0.2, -0.15) is 0 Å². The minimum absolute atomic E-state index is 0.0302. The topological polar surface area (TPSA) is 130 Å². The Kier molecular flexibility index (Phi) is 13.5. The second kappa shape index (κ2) is 15.5. The number of benzene rings is 1. The lowest BCUT2D eigenvalue weighted by Gasteiger charge is -2.07. The van der Waals surface area contributed by atoms with Gasteiger partial charge in [-0.3, -0.25) is 14.4 Å². The Morgan fingerprint density at radius 3 is 1.94 bits per heavy atom. The molecular formula is C23H36N2O6S. The molecule has 0 unspecified atom stereocenters. The summed E-state index contributed by atoms with van der Waals surface area (Å²) in [5.41, 5.74) is 1.02. The van der Waals surface area contributed by atoms with Crippen molar-refractivity contribution in [2.75, 3.05) is 13.1 Å². The number of sulfonamides is 1. The summed E-state index contributed by atoms with van der Waals surface area (Å²) in [6, 6.07) is 6.79. The smallest absolute Gasteiger partial charge is 0.303 e. The van der Waals surface area contributed by atoms with Gasteiger partial charge in [0.05, 0.1) is 4.90 Å². The first-order chi connectivity index (χ1) is 15.2. The molecule has 0 aliphatic carbocycles. The summed E-state index contributed by atoms with van der Waals surface area (Å²) in [6.07, 6.45) is 7.93. The van der Waals surface area contributed by atoms with E-state index in [1.807, 2.05) is 6.92 Å². The van der Waals surface area contributed by atoms with Gasteiger partial charge >= 0.3 is 5.97 Å². The van der Waals surface area contributed by atoms with Gasteiger partial charge in [-0.25, -0.2) is 13.1 Å². The summed E-state index contributed by atoms with van der Waals surface area (Å²) in [4.78, 5) is 34.0. The van der Waals surface area contributed by atoms with Crippen LogP contribution >= 0.6 is 0 Å². The Morgan fingerprint density at radius 1 is 0.781 bits per heavy atom. The van der Waals surface area contributed by atoms with Crippen LogP contribution in [0.25, 0.3) is 0 Å². The quantitative estimate of drug-likeness (QED) is 0.224. The lowest BCUT2D eigenvalue weighted by atomic mass is 10.1. The minimum atomic E-state index is -3.44. The summed E-state index contributed by atoms with van der Waals surface area (Å²) in [5, 5.41) is 11.0. The highest BCUT2D eigenvalue weighted by Crippen LogP contribution is 2.12. The van der Waals surface area contributed by atoms with Crippen LogP contribution in [-0.2, 0) is 24.4 Å². The molecule has 0 saturated carbocycles. The van der Waals surface area contributed by atoms with Crippen LogP contribution in [0.4, 0.5) is 0 Å². The maximum absolute atomic E-state index is 12.2. The van der Waals surface area contributed by atoms with Gasteiger partial charge in [0, 0.05) is 25.9 Å². The van der Waals surface area contributed by atoms with Gasteiger partial charge in [0.1, 0.15) is 0 Å². The van der Waals surface area contributed by atoms with Gasteiger partial charge in [-0.1, -0.05) is 56.2 Å². The fourth-order valence-electron chi connectivity index (χ4n) is 3.13. The summed E-state index contributed by atoms with van der Waals surface area (Å²) in [6.45, 7) is 2.54. The van der Waals surface area contributed by atoms with E-state index in [1.54, 1.807) is 24.3 Å². The number of carboxylic acid groups (broad SMARTS) is 1. The number of Topliss-reactive ketones (excluding diaryl/α,β-unsaturated/α-hetero) is 1. The molecule has 0 atom stereocenters. The van der Waals surface area contributed by atoms with E-state index in [1.165, 1.54) is 0 Å². The Morgan fingerprint density at radius 2 is 1.34 bits per heavy atom. The van der Waals surface area contributed by atoms with Crippen LogP contribution in [0.2, 0.25) is 0 Å². The summed E-state index contributed by atoms with van der Waals surface area (Å²) >= 11 is 0. The third-order valence-corrected chi connectivity index (χ3v) is 6.54. The number of aryl methyl sites for hydroxylation is 1. The fraction of sp³-hybridized carbons (Fsp3) is 0.609. The van der Waals surface area contributed by atoms with E-state index in [0.29, 0.717) is 19.4 Å². The fourth-order valence-corrected chi connectivity index (χ4v) is 4.21. The number of aliphatic carboxylic acids is 1. The summed E-state index contributed by atoms with van der Waals surface area (Å²) in [7, 11) is -3.44. The number of carbonyl (C=O) groups excluding carboxylic acids is 2. The number of rotatable bonds is 18. The van der Waals surface area contributed by atoms with Crippen molar-refractivity contribution < 1.29 is 27.9 Å². The van der Waals surface area contributed by atoms with E-state index in [2.05, 4.69) is 10.0 Å². The first-order valence-electron chi connectivity index (χ1n) is 11.3. The number of nitrogens with one attached hydrogen (secondary N) is 2. The molecule has 0 aromatic heterocycles. The largest absolute Gasteiger partial charge is 0.481 e. The van der Waals surface area contributed by atoms with Crippen LogP contribution in [0.3, 0.4) is 0 Å². The molecule has 0 aliphatic rings. The van der Waals surface area contributed by atoms with Gasteiger partial charge in [0.25, 0.3) is 5.91 Å². The zero-order chi connectivity index (χ0) is 23.8. The van der Waals surface area contributed by atoms with E-state index in [4.69, 9.17) is 5.11 Å². The predicted octanol–water partition coefficient (Wildman–Crippen LogP) is 3.33. The molecule has 3 N–H and O–H groups in total. The second-order valence-corrected chi connectivity index (χ2v) is 9.73. The third-order valence-electron chi connectivity index (χ3n) is 5.06. The number of ketones is 1. The molecule has 0 fully saturated rings. The SMILES string of the molecule is Cc1ccc(S(=O)(=O)NCCCCCCCCCCC(=O)C(=O)NCCCC(=O)O)cc1. The average Bonchev–Trinajstić information content (AvgIpc) is 2.74. The number of carboxylic acids is 1. The zero-order valence-corrected chi connectivity index (χ0v) is 19.7. The van der Waals surface area contributed by atoms with Crippen LogP contribution in [0.1, 0.15) is 76.2 Å². The number of hydrogen-bond donors (Lipinski definition) is 3. The van der Waals surface area contributed by atoms with Crippen molar-refractivity contribution in [3.8, 4) is 0 Å². The maximum Gasteiger partial charge on any atom is 0.303 e. The van der Waals surface area contributed by atoms with Gasteiger partial charge in [0.15, 0.2) is 0 Å². The van der Waals surface area contributed by atoms with Crippen LogP contribution in [0.5, 0.6) is 0 Å². The first-order valence-corrected chi connectivity index (χ1v) is 12.8. The highest BCUT2D eigenvalue weighted by Gasteiger charge is 2.13. The summed E-state index contributed by atoms with van der Waals surface area (Å²) in [5.74, 6) is -2.00. The Balaban J connectivity index is 1.97. The molecule has 0 heterocycles. The van der Waals surface area contributed by atoms with Crippen molar-refractivity contribution >= 4 is 27.7 Å². The molecular weight excluding hydrogens is 432 g/mol. The van der Waals surface area contributed by atoms with E-state index in [-0.39, 0.29) is 24.3 Å². The van der Waals surface area contributed by atoms with Crippen LogP contribution in [0, 0.1) is 6.92 Å². The lowest BCUT2D eigenvalue weighted by Crippen LogP contribution is -2.31. The van der Waals surface area contributed by atoms with Crippen molar-refractivity contribution in [3.63, 3.8) is 0 Å². The van der Waals surface area contributed by atoms with Gasteiger partial charge in [-0.15, -0.1) is 0 Å². The molecule has 1 aromatic rings. The summed E-state index contributed by atoms with van der Waals surface area (Å²) < 4.78 is 27.0. The maximum atomic E-state index is 12.2. The van der Waals surface area contributed by atoms with Gasteiger partial charge in [0.2, 0.25) is 15.8 Å². The zero-order valence-electron chi connectivity index (χ0n) is 18.9. The molecule has 32 heavy (non-hydrogen) atoms. The molecule has 0 spiro atoms. The normalized spacial score (nSPS) is 11.3. The number of carbonyl (C=O) groups is 3. The minimum Gasteiger partial charge on any atom is -0.481 e. The van der Waals surface area contributed by atoms with E-state index in [9.17, 15) is 22.8 Å².